The van der Waals surface area contributed by atoms with E-state index in [1.54, 1.807) is 11.3 Å². The highest BCUT2D eigenvalue weighted by molar-refractivity contribution is 7.11. The maximum atomic E-state index is 4.19. The van der Waals surface area contributed by atoms with Gasteiger partial charge in [-0.15, -0.1) is 21.5 Å². The van der Waals surface area contributed by atoms with Crippen LogP contribution in [0.2, 0.25) is 0 Å². The summed E-state index contributed by atoms with van der Waals surface area (Å²) in [4.78, 5) is 0. The molecule has 0 saturated heterocycles. The molecule has 1 aromatic heterocycles. The van der Waals surface area contributed by atoms with Gasteiger partial charge in [0.1, 0.15) is 10.0 Å². The predicted molar refractivity (Wildman–Crippen MR) is 67.6 cm³/mol. The van der Waals surface area contributed by atoms with Crippen LogP contribution in [0.25, 0.3) is 0 Å². The Labute approximate surface area is 102 Å². The average Bonchev–Trinajstić information content (AvgIpc) is 2.58. The largest absolute Gasteiger partial charge is 0.306 e. The van der Waals surface area contributed by atoms with E-state index in [2.05, 4.69) is 29.4 Å². The Morgan fingerprint density at radius 1 is 1.38 bits per heavy atom. The number of hydrogen-bond acceptors (Lipinski definition) is 4. The molecule has 0 spiro atoms. The quantitative estimate of drug-likeness (QED) is 0.858. The summed E-state index contributed by atoms with van der Waals surface area (Å²) in [6.07, 6.45) is 5.60. The summed E-state index contributed by atoms with van der Waals surface area (Å²) < 4.78 is 0. The zero-order chi connectivity index (χ0) is 11.5. The van der Waals surface area contributed by atoms with Gasteiger partial charge in [-0.25, -0.2) is 0 Å². The van der Waals surface area contributed by atoms with Crippen LogP contribution < -0.4 is 5.32 Å². The second-order valence-corrected chi connectivity index (χ2v) is 6.19. The smallest absolute Gasteiger partial charge is 0.134 e. The molecular weight excluding hydrogens is 218 g/mol. The van der Waals surface area contributed by atoms with Crippen LogP contribution in [-0.4, -0.2) is 16.2 Å². The number of aryl methyl sites for hydroxylation is 1. The van der Waals surface area contributed by atoms with Crippen LogP contribution in [-0.2, 0) is 0 Å². The molecule has 0 amide bonds. The van der Waals surface area contributed by atoms with E-state index in [0.717, 1.165) is 15.9 Å². The van der Waals surface area contributed by atoms with Crippen LogP contribution >= 0.6 is 11.3 Å². The lowest BCUT2D eigenvalue weighted by Gasteiger charge is -2.29. The highest BCUT2D eigenvalue weighted by Gasteiger charge is 2.21. The van der Waals surface area contributed by atoms with Gasteiger partial charge < -0.3 is 5.32 Å². The molecular formula is C12H21N3S. The maximum Gasteiger partial charge on any atom is 0.134 e. The van der Waals surface area contributed by atoms with E-state index < -0.39 is 0 Å². The molecule has 4 heteroatoms. The first-order chi connectivity index (χ1) is 7.65. The van der Waals surface area contributed by atoms with E-state index in [1.807, 2.05) is 6.92 Å². The molecule has 16 heavy (non-hydrogen) atoms. The number of hydrogen-bond donors (Lipinski definition) is 1. The molecule has 1 fully saturated rings. The van der Waals surface area contributed by atoms with Crippen molar-refractivity contribution in [3.8, 4) is 0 Å². The van der Waals surface area contributed by atoms with E-state index >= 15 is 0 Å². The highest BCUT2D eigenvalue weighted by atomic mass is 32.1. The van der Waals surface area contributed by atoms with Gasteiger partial charge in [-0.3, -0.25) is 0 Å². The molecule has 2 atom stereocenters. The summed E-state index contributed by atoms with van der Waals surface area (Å²) in [5.74, 6) is 0.964. The van der Waals surface area contributed by atoms with Gasteiger partial charge in [0.2, 0.25) is 0 Å². The first-order valence-corrected chi connectivity index (χ1v) is 7.03. The molecule has 1 N–H and O–H groups in total. The Morgan fingerprint density at radius 3 is 2.62 bits per heavy atom. The van der Waals surface area contributed by atoms with Crippen LogP contribution in [0.1, 0.15) is 55.6 Å². The van der Waals surface area contributed by atoms with Crippen LogP contribution in [0.3, 0.4) is 0 Å². The third kappa shape index (κ3) is 3.01. The van der Waals surface area contributed by atoms with Crippen molar-refractivity contribution in [3.05, 3.63) is 10.0 Å². The fraction of sp³-hybridized carbons (Fsp3) is 0.833. The third-order valence-electron chi connectivity index (χ3n) is 3.36. The summed E-state index contributed by atoms with van der Waals surface area (Å²) >= 11 is 1.69. The van der Waals surface area contributed by atoms with Gasteiger partial charge in [0.25, 0.3) is 0 Å². The lowest BCUT2D eigenvalue weighted by Crippen LogP contribution is -2.32. The monoisotopic (exact) mass is 239 g/mol. The van der Waals surface area contributed by atoms with Gasteiger partial charge in [0.05, 0.1) is 6.04 Å². The van der Waals surface area contributed by atoms with Gasteiger partial charge in [0.15, 0.2) is 0 Å². The molecule has 0 aliphatic heterocycles. The van der Waals surface area contributed by atoms with Gasteiger partial charge in [0, 0.05) is 6.04 Å². The van der Waals surface area contributed by atoms with Crippen LogP contribution in [0.15, 0.2) is 0 Å². The standard InChI is InChI=1S/C12H21N3S/c1-8(7-11-5-4-6-11)13-9(2)12-15-14-10(3)16-12/h8-9,11,13H,4-7H2,1-3H3. The zero-order valence-electron chi connectivity index (χ0n) is 10.4. The van der Waals surface area contributed by atoms with Gasteiger partial charge in [-0.05, 0) is 33.1 Å². The summed E-state index contributed by atoms with van der Waals surface area (Å²) in [5.41, 5.74) is 0. The molecule has 90 valence electrons. The minimum absolute atomic E-state index is 0.335. The maximum absolute atomic E-state index is 4.19. The van der Waals surface area contributed by atoms with E-state index in [0.29, 0.717) is 12.1 Å². The molecule has 3 nitrogen and oxygen atoms in total. The Kier molecular flexibility index (Phi) is 3.92. The zero-order valence-corrected chi connectivity index (χ0v) is 11.2. The number of aromatic nitrogens is 2. The lowest BCUT2D eigenvalue weighted by atomic mass is 9.81. The van der Waals surface area contributed by atoms with Crippen LogP contribution in [0, 0.1) is 12.8 Å². The Balaban J connectivity index is 1.79. The van der Waals surface area contributed by atoms with Crippen molar-refractivity contribution in [2.75, 3.05) is 0 Å². The Morgan fingerprint density at radius 2 is 2.12 bits per heavy atom. The topological polar surface area (TPSA) is 37.8 Å². The van der Waals surface area contributed by atoms with Crippen molar-refractivity contribution in [1.29, 1.82) is 0 Å². The number of nitrogens with zero attached hydrogens (tertiary/aromatic N) is 2. The molecule has 1 saturated carbocycles. The van der Waals surface area contributed by atoms with E-state index in [1.165, 1.54) is 25.7 Å². The van der Waals surface area contributed by atoms with Crippen LogP contribution in [0.5, 0.6) is 0 Å². The van der Waals surface area contributed by atoms with Crippen LogP contribution in [0.4, 0.5) is 0 Å². The molecule has 1 aliphatic carbocycles. The van der Waals surface area contributed by atoms with Crippen molar-refractivity contribution in [2.45, 2.75) is 58.5 Å². The molecule has 1 heterocycles. The van der Waals surface area contributed by atoms with Gasteiger partial charge in [-0.1, -0.05) is 19.3 Å². The van der Waals surface area contributed by atoms with Gasteiger partial charge in [-0.2, -0.15) is 0 Å². The molecule has 0 radical (unpaired) electrons. The first kappa shape index (κ1) is 12.0. The van der Waals surface area contributed by atoms with E-state index in [4.69, 9.17) is 0 Å². The number of nitrogens with one attached hydrogen (secondary N) is 1. The predicted octanol–water partition coefficient (Wildman–Crippen LogP) is 3.08. The fourth-order valence-electron chi connectivity index (χ4n) is 2.28. The molecule has 1 aromatic rings. The molecule has 2 unspecified atom stereocenters. The summed E-state index contributed by atoms with van der Waals surface area (Å²) in [7, 11) is 0. The van der Waals surface area contributed by atoms with Crippen molar-refractivity contribution in [3.63, 3.8) is 0 Å². The fourth-order valence-corrected chi connectivity index (χ4v) is 2.99. The average molecular weight is 239 g/mol. The van der Waals surface area contributed by atoms with Crippen molar-refractivity contribution < 1.29 is 0 Å². The second-order valence-electron chi connectivity index (χ2n) is 4.98. The molecule has 0 aromatic carbocycles. The lowest BCUT2D eigenvalue weighted by molar-refractivity contribution is 0.259. The Bertz CT molecular complexity index is 333. The molecule has 2 rings (SSSR count). The summed E-state index contributed by atoms with van der Waals surface area (Å²) in [6.45, 7) is 6.46. The van der Waals surface area contributed by atoms with Crippen molar-refractivity contribution in [2.24, 2.45) is 5.92 Å². The SMILES string of the molecule is Cc1nnc(C(C)NC(C)CC2CCC2)s1. The number of rotatable bonds is 5. The van der Waals surface area contributed by atoms with Crippen molar-refractivity contribution in [1.82, 2.24) is 15.5 Å². The van der Waals surface area contributed by atoms with Crippen molar-refractivity contribution >= 4 is 11.3 Å². The normalized spacial score (nSPS) is 20.4. The second kappa shape index (κ2) is 5.23. The highest BCUT2D eigenvalue weighted by Crippen LogP contribution is 2.31. The van der Waals surface area contributed by atoms with E-state index in [9.17, 15) is 0 Å². The minimum Gasteiger partial charge on any atom is -0.306 e. The summed E-state index contributed by atoms with van der Waals surface area (Å²) in [5, 5.41) is 14.0. The molecule has 0 bridgehead atoms. The summed E-state index contributed by atoms with van der Waals surface area (Å²) in [6, 6.07) is 0.922. The first-order valence-electron chi connectivity index (χ1n) is 6.21. The minimum atomic E-state index is 0.335. The van der Waals surface area contributed by atoms with E-state index in [-0.39, 0.29) is 0 Å². The van der Waals surface area contributed by atoms with Gasteiger partial charge >= 0.3 is 0 Å². The Hall–Kier alpha value is -0.480. The molecule has 1 aliphatic rings. The third-order valence-corrected chi connectivity index (χ3v) is 4.38.